The molecular weight excluding hydrogens is 276 g/mol. The zero-order chi connectivity index (χ0) is 14.7. The molecule has 0 unspecified atom stereocenters. The minimum Gasteiger partial charge on any atom is -0.496 e. The van der Waals surface area contributed by atoms with Gasteiger partial charge >= 0.3 is 0 Å². The number of ketones is 1. The Labute approximate surface area is 123 Å². The molecule has 0 aliphatic rings. The largest absolute Gasteiger partial charge is 0.496 e. The van der Waals surface area contributed by atoms with Gasteiger partial charge in [-0.15, -0.1) is 0 Å². The van der Waals surface area contributed by atoms with Gasteiger partial charge in [-0.1, -0.05) is 23.2 Å². The Balaban J connectivity index is 2.48. The highest BCUT2D eigenvalue weighted by Crippen LogP contribution is 2.28. The fourth-order valence-electron chi connectivity index (χ4n) is 1.96. The van der Waals surface area contributed by atoms with Crippen molar-refractivity contribution in [1.82, 2.24) is 0 Å². The number of hydrogen-bond acceptors (Lipinski definition) is 3. The van der Waals surface area contributed by atoms with Crippen molar-refractivity contribution >= 4 is 17.4 Å². The molecule has 0 aliphatic carbocycles. The van der Waals surface area contributed by atoms with Crippen LogP contribution < -0.4 is 9.47 Å². The molecule has 20 heavy (non-hydrogen) atoms. The van der Waals surface area contributed by atoms with E-state index in [-0.39, 0.29) is 5.78 Å². The zero-order valence-corrected chi connectivity index (χ0v) is 12.3. The quantitative estimate of drug-likeness (QED) is 0.801. The molecule has 0 radical (unpaired) electrons. The number of rotatable bonds is 4. The van der Waals surface area contributed by atoms with E-state index in [9.17, 15) is 4.79 Å². The van der Waals surface area contributed by atoms with Crippen molar-refractivity contribution in [2.45, 2.75) is 6.92 Å². The smallest absolute Gasteiger partial charge is 0.196 e. The van der Waals surface area contributed by atoms with Crippen LogP contribution in [0.4, 0.5) is 0 Å². The van der Waals surface area contributed by atoms with Crippen LogP contribution in [0.3, 0.4) is 0 Å². The second-order valence-electron chi connectivity index (χ2n) is 4.38. The molecule has 0 saturated heterocycles. The van der Waals surface area contributed by atoms with Gasteiger partial charge in [0.1, 0.15) is 11.5 Å². The number of hydrogen-bond donors (Lipinski definition) is 0. The predicted molar refractivity (Wildman–Crippen MR) is 79.2 cm³/mol. The summed E-state index contributed by atoms with van der Waals surface area (Å²) in [6.07, 6.45) is 0. The van der Waals surface area contributed by atoms with Crippen molar-refractivity contribution < 1.29 is 14.3 Å². The Morgan fingerprint density at radius 3 is 2.35 bits per heavy atom. The van der Waals surface area contributed by atoms with Gasteiger partial charge in [-0.3, -0.25) is 4.79 Å². The van der Waals surface area contributed by atoms with E-state index in [2.05, 4.69) is 0 Å². The van der Waals surface area contributed by atoms with Crippen molar-refractivity contribution in [3.63, 3.8) is 0 Å². The molecule has 3 nitrogen and oxygen atoms in total. The first kappa shape index (κ1) is 14.4. The molecule has 0 aromatic heterocycles. The first-order valence-electron chi connectivity index (χ1n) is 6.09. The summed E-state index contributed by atoms with van der Waals surface area (Å²) in [4.78, 5) is 12.6. The third kappa shape index (κ3) is 2.78. The Morgan fingerprint density at radius 1 is 1.00 bits per heavy atom. The van der Waals surface area contributed by atoms with Crippen molar-refractivity contribution in [1.29, 1.82) is 0 Å². The van der Waals surface area contributed by atoms with E-state index < -0.39 is 0 Å². The maximum absolute atomic E-state index is 12.6. The summed E-state index contributed by atoms with van der Waals surface area (Å²) in [7, 11) is 3.06. The summed E-state index contributed by atoms with van der Waals surface area (Å²) in [6, 6.07) is 10.5. The van der Waals surface area contributed by atoms with Crippen LogP contribution in [-0.4, -0.2) is 20.0 Å². The number of halogens is 1. The average Bonchev–Trinajstić information content (AvgIpc) is 2.47. The van der Waals surface area contributed by atoms with Crippen LogP contribution in [0.2, 0.25) is 5.02 Å². The Hall–Kier alpha value is -2.00. The maximum Gasteiger partial charge on any atom is 0.196 e. The highest BCUT2D eigenvalue weighted by atomic mass is 35.5. The zero-order valence-electron chi connectivity index (χ0n) is 11.6. The van der Waals surface area contributed by atoms with E-state index in [0.717, 1.165) is 5.56 Å². The molecule has 0 aliphatic heterocycles. The van der Waals surface area contributed by atoms with Gasteiger partial charge in [-0.05, 0) is 37.3 Å². The fraction of sp³-hybridized carbons (Fsp3) is 0.188. The second-order valence-corrected chi connectivity index (χ2v) is 4.79. The fourth-order valence-corrected chi connectivity index (χ4v) is 2.15. The predicted octanol–water partition coefficient (Wildman–Crippen LogP) is 3.90. The standard InChI is InChI=1S/C16H15ClO3/c1-10-4-7-14(19-2)12(8-10)16(18)11-5-6-13(17)15(9-11)20-3/h4-9H,1-3H3. The lowest BCUT2D eigenvalue weighted by Gasteiger charge is -2.10. The third-order valence-electron chi connectivity index (χ3n) is 3.01. The maximum atomic E-state index is 12.6. The van der Waals surface area contributed by atoms with Gasteiger partial charge in [-0.25, -0.2) is 0 Å². The summed E-state index contributed by atoms with van der Waals surface area (Å²) < 4.78 is 10.4. The molecule has 0 atom stereocenters. The number of methoxy groups -OCH3 is 2. The van der Waals surface area contributed by atoms with E-state index >= 15 is 0 Å². The molecule has 4 heteroatoms. The first-order valence-corrected chi connectivity index (χ1v) is 6.47. The van der Waals surface area contributed by atoms with E-state index in [1.165, 1.54) is 7.11 Å². The van der Waals surface area contributed by atoms with Gasteiger partial charge in [0.15, 0.2) is 5.78 Å². The van der Waals surface area contributed by atoms with Crippen LogP contribution >= 0.6 is 11.6 Å². The minimum atomic E-state index is -0.125. The third-order valence-corrected chi connectivity index (χ3v) is 3.33. The van der Waals surface area contributed by atoms with E-state index in [1.807, 2.05) is 19.1 Å². The van der Waals surface area contributed by atoms with Gasteiger partial charge < -0.3 is 9.47 Å². The van der Waals surface area contributed by atoms with Crippen LogP contribution in [-0.2, 0) is 0 Å². The second kappa shape index (κ2) is 5.97. The molecule has 2 aromatic carbocycles. The number of carbonyl (C=O) groups is 1. The van der Waals surface area contributed by atoms with E-state index in [4.69, 9.17) is 21.1 Å². The minimum absolute atomic E-state index is 0.125. The van der Waals surface area contributed by atoms with Crippen molar-refractivity contribution in [2.24, 2.45) is 0 Å². The van der Waals surface area contributed by atoms with E-state index in [1.54, 1.807) is 31.4 Å². The number of ether oxygens (including phenoxy) is 2. The monoisotopic (exact) mass is 290 g/mol. The van der Waals surface area contributed by atoms with Gasteiger partial charge in [0.05, 0.1) is 24.8 Å². The summed E-state index contributed by atoms with van der Waals surface area (Å²) in [5.74, 6) is 0.902. The van der Waals surface area contributed by atoms with Crippen LogP contribution in [0.1, 0.15) is 21.5 Å². The highest BCUT2D eigenvalue weighted by molar-refractivity contribution is 6.32. The molecular formula is C16H15ClO3. The molecule has 0 N–H and O–H groups in total. The van der Waals surface area contributed by atoms with Gasteiger partial charge in [0, 0.05) is 5.56 Å². The number of aryl methyl sites for hydroxylation is 1. The van der Waals surface area contributed by atoms with Crippen molar-refractivity contribution in [3.05, 3.63) is 58.1 Å². The summed E-state index contributed by atoms with van der Waals surface area (Å²) in [6.45, 7) is 1.93. The van der Waals surface area contributed by atoms with Crippen molar-refractivity contribution in [3.8, 4) is 11.5 Å². The number of carbonyl (C=O) groups excluding carboxylic acids is 1. The summed E-state index contributed by atoms with van der Waals surface area (Å²) >= 11 is 5.97. The molecule has 2 rings (SSSR count). The van der Waals surface area contributed by atoms with Crippen LogP contribution in [0, 0.1) is 6.92 Å². The lowest BCUT2D eigenvalue weighted by Crippen LogP contribution is -2.05. The lowest BCUT2D eigenvalue weighted by molar-refractivity contribution is 0.103. The van der Waals surface area contributed by atoms with Gasteiger partial charge in [0.2, 0.25) is 0 Å². The number of benzene rings is 2. The average molecular weight is 291 g/mol. The topological polar surface area (TPSA) is 35.5 Å². The molecule has 0 bridgehead atoms. The van der Waals surface area contributed by atoms with E-state index in [0.29, 0.717) is 27.6 Å². The molecule has 0 spiro atoms. The highest BCUT2D eigenvalue weighted by Gasteiger charge is 2.16. The van der Waals surface area contributed by atoms with Gasteiger partial charge in [-0.2, -0.15) is 0 Å². The van der Waals surface area contributed by atoms with Crippen LogP contribution in [0.15, 0.2) is 36.4 Å². The molecule has 0 saturated carbocycles. The van der Waals surface area contributed by atoms with Gasteiger partial charge in [0.25, 0.3) is 0 Å². The molecule has 0 fully saturated rings. The molecule has 104 valence electrons. The molecule has 2 aromatic rings. The van der Waals surface area contributed by atoms with Crippen LogP contribution in [0.5, 0.6) is 11.5 Å². The van der Waals surface area contributed by atoms with Crippen molar-refractivity contribution in [2.75, 3.05) is 14.2 Å². The Bertz CT molecular complexity index is 650. The molecule has 0 amide bonds. The lowest BCUT2D eigenvalue weighted by atomic mass is 10.0. The first-order chi connectivity index (χ1) is 9.56. The Kier molecular flexibility index (Phi) is 4.30. The van der Waals surface area contributed by atoms with Crippen LogP contribution in [0.25, 0.3) is 0 Å². The summed E-state index contributed by atoms with van der Waals surface area (Å²) in [5.41, 5.74) is 2.03. The summed E-state index contributed by atoms with van der Waals surface area (Å²) in [5, 5.41) is 0.472. The SMILES string of the molecule is COc1cc(C(=O)c2cc(C)ccc2OC)ccc1Cl. The molecule has 0 heterocycles. The normalized spacial score (nSPS) is 10.2. The Morgan fingerprint density at radius 2 is 1.70 bits per heavy atom.